The number of ether oxygens (including phenoxy) is 2. The lowest BCUT2D eigenvalue weighted by atomic mass is 10.2. The number of nitrogens with zero attached hydrogens (tertiary/aromatic N) is 1. The molecule has 136 valence electrons. The molecule has 1 atom stereocenters. The van der Waals surface area contributed by atoms with Crippen molar-refractivity contribution in [1.82, 2.24) is 4.90 Å². The zero-order valence-electron chi connectivity index (χ0n) is 16.2. The first-order chi connectivity index (χ1) is 10.3. The van der Waals surface area contributed by atoms with E-state index in [1.807, 2.05) is 20.8 Å². The molecule has 1 fully saturated rings. The van der Waals surface area contributed by atoms with Crippen molar-refractivity contribution < 1.29 is 18.7 Å². The summed E-state index contributed by atoms with van der Waals surface area (Å²) in [6.07, 6.45) is 0.529. The van der Waals surface area contributed by atoms with Gasteiger partial charge >= 0.3 is 6.09 Å². The highest BCUT2D eigenvalue weighted by atomic mass is 28.4. The van der Waals surface area contributed by atoms with Gasteiger partial charge in [0.25, 0.3) is 0 Å². The van der Waals surface area contributed by atoms with Gasteiger partial charge in [-0.1, -0.05) is 20.8 Å². The number of amides is 1. The molecule has 0 N–H and O–H groups in total. The zero-order chi connectivity index (χ0) is 17.9. The van der Waals surface area contributed by atoms with Crippen LogP contribution < -0.4 is 0 Å². The van der Waals surface area contributed by atoms with Gasteiger partial charge in [0.2, 0.25) is 0 Å². The third kappa shape index (κ3) is 6.81. The van der Waals surface area contributed by atoms with Gasteiger partial charge in [-0.05, 0) is 45.3 Å². The van der Waals surface area contributed by atoms with Crippen LogP contribution in [0.4, 0.5) is 4.79 Å². The molecule has 6 heteroatoms. The topological polar surface area (TPSA) is 48.0 Å². The maximum atomic E-state index is 12.4. The SMILES string of the molecule is CC(C)(C)OC(=O)N1CCOCC[C@@H](O[Si](C)(C)C(C)(C)C)C1. The Bertz CT molecular complexity index is 398. The van der Waals surface area contributed by atoms with Crippen molar-refractivity contribution in [1.29, 1.82) is 0 Å². The second kappa shape index (κ2) is 7.53. The Balaban J connectivity index is 2.78. The Morgan fingerprint density at radius 3 is 2.26 bits per heavy atom. The van der Waals surface area contributed by atoms with E-state index in [0.29, 0.717) is 26.3 Å². The summed E-state index contributed by atoms with van der Waals surface area (Å²) in [6, 6.07) is 0. The average Bonchev–Trinajstić information content (AvgIpc) is 2.28. The lowest BCUT2D eigenvalue weighted by Gasteiger charge is -2.41. The molecule has 1 heterocycles. The summed E-state index contributed by atoms with van der Waals surface area (Å²) in [5.41, 5.74) is -0.490. The van der Waals surface area contributed by atoms with Gasteiger partial charge in [-0.3, -0.25) is 0 Å². The lowest BCUT2D eigenvalue weighted by Crippen LogP contribution is -2.50. The molecule has 0 radical (unpaired) electrons. The zero-order valence-corrected chi connectivity index (χ0v) is 17.2. The molecule has 0 saturated carbocycles. The minimum atomic E-state index is -1.88. The van der Waals surface area contributed by atoms with E-state index in [1.165, 1.54) is 0 Å². The number of carbonyl (C=O) groups excluding carboxylic acids is 1. The minimum Gasteiger partial charge on any atom is -0.444 e. The third-order valence-corrected chi connectivity index (χ3v) is 8.97. The molecule has 0 aromatic carbocycles. The molecule has 0 aromatic heterocycles. The molecule has 0 unspecified atom stereocenters. The van der Waals surface area contributed by atoms with Crippen LogP contribution in [0.2, 0.25) is 18.1 Å². The fourth-order valence-corrected chi connectivity index (χ4v) is 3.48. The van der Waals surface area contributed by atoms with Crippen molar-refractivity contribution in [2.75, 3.05) is 26.3 Å². The van der Waals surface area contributed by atoms with Crippen LogP contribution in [0, 0.1) is 0 Å². The van der Waals surface area contributed by atoms with Crippen LogP contribution in [0.15, 0.2) is 0 Å². The molecule has 1 rings (SSSR count). The van der Waals surface area contributed by atoms with Crippen LogP contribution in [0.3, 0.4) is 0 Å². The Labute approximate surface area is 142 Å². The summed E-state index contributed by atoms with van der Waals surface area (Å²) < 4.78 is 17.6. The fourth-order valence-electron chi connectivity index (χ4n) is 2.10. The average molecular weight is 346 g/mol. The van der Waals surface area contributed by atoms with Crippen LogP contribution in [0.5, 0.6) is 0 Å². The van der Waals surface area contributed by atoms with Gasteiger partial charge in [0.1, 0.15) is 5.60 Å². The van der Waals surface area contributed by atoms with Crippen molar-refractivity contribution in [3.63, 3.8) is 0 Å². The van der Waals surface area contributed by atoms with Gasteiger partial charge in [-0.2, -0.15) is 0 Å². The van der Waals surface area contributed by atoms with Crippen LogP contribution in [0.1, 0.15) is 48.0 Å². The first-order valence-corrected chi connectivity index (χ1v) is 11.5. The molecule has 1 amide bonds. The fraction of sp³-hybridized carbons (Fsp3) is 0.941. The van der Waals surface area contributed by atoms with Gasteiger partial charge in [0.05, 0.1) is 12.7 Å². The molecular weight excluding hydrogens is 310 g/mol. The summed E-state index contributed by atoms with van der Waals surface area (Å²) in [6.45, 7) is 19.2. The molecule has 0 bridgehead atoms. The summed E-state index contributed by atoms with van der Waals surface area (Å²) >= 11 is 0. The monoisotopic (exact) mass is 345 g/mol. The first kappa shape index (κ1) is 20.5. The highest BCUT2D eigenvalue weighted by Gasteiger charge is 2.40. The molecule has 1 aliphatic rings. The number of hydrogen-bond donors (Lipinski definition) is 0. The summed E-state index contributed by atoms with van der Waals surface area (Å²) in [5.74, 6) is 0. The van der Waals surface area contributed by atoms with Gasteiger partial charge < -0.3 is 18.8 Å². The van der Waals surface area contributed by atoms with Crippen LogP contribution >= 0.6 is 0 Å². The predicted molar refractivity (Wildman–Crippen MR) is 95.3 cm³/mol. The smallest absolute Gasteiger partial charge is 0.410 e. The summed E-state index contributed by atoms with van der Waals surface area (Å²) in [7, 11) is -1.88. The lowest BCUT2D eigenvalue weighted by molar-refractivity contribution is -0.00870. The largest absolute Gasteiger partial charge is 0.444 e. The van der Waals surface area contributed by atoms with E-state index in [2.05, 4.69) is 33.9 Å². The Morgan fingerprint density at radius 1 is 1.13 bits per heavy atom. The van der Waals surface area contributed by atoms with Gasteiger partial charge in [-0.15, -0.1) is 0 Å². The minimum absolute atomic E-state index is 0.00344. The Kier molecular flexibility index (Phi) is 6.70. The molecule has 5 nitrogen and oxygen atoms in total. The van der Waals surface area contributed by atoms with Crippen molar-refractivity contribution in [2.24, 2.45) is 0 Å². The normalized spacial score (nSPS) is 21.6. The van der Waals surface area contributed by atoms with E-state index < -0.39 is 13.9 Å². The third-order valence-electron chi connectivity index (χ3n) is 4.43. The quantitative estimate of drug-likeness (QED) is 0.709. The van der Waals surface area contributed by atoms with Crippen molar-refractivity contribution in [2.45, 2.75) is 77.8 Å². The molecule has 0 aliphatic carbocycles. The van der Waals surface area contributed by atoms with Gasteiger partial charge in [0, 0.05) is 19.7 Å². The molecule has 1 aliphatic heterocycles. The van der Waals surface area contributed by atoms with E-state index in [0.717, 1.165) is 6.42 Å². The Morgan fingerprint density at radius 2 is 1.74 bits per heavy atom. The number of hydrogen-bond acceptors (Lipinski definition) is 4. The highest BCUT2D eigenvalue weighted by molar-refractivity contribution is 6.74. The molecular formula is C17H35NO4Si. The first-order valence-electron chi connectivity index (χ1n) is 8.55. The van der Waals surface area contributed by atoms with Crippen molar-refractivity contribution in [3.05, 3.63) is 0 Å². The maximum Gasteiger partial charge on any atom is 0.410 e. The number of carbonyl (C=O) groups is 1. The second-order valence-corrected chi connectivity index (χ2v) is 13.6. The summed E-state index contributed by atoms with van der Waals surface area (Å²) in [5, 5.41) is 0.146. The molecule has 0 aromatic rings. The van der Waals surface area contributed by atoms with Crippen molar-refractivity contribution >= 4 is 14.4 Å². The van der Waals surface area contributed by atoms with Crippen molar-refractivity contribution in [3.8, 4) is 0 Å². The van der Waals surface area contributed by atoms with Crippen LogP contribution in [0.25, 0.3) is 0 Å². The molecule has 0 spiro atoms. The van der Waals surface area contributed by atoms with E-state index in [4.69, 9.17) is 13.9 Å². The van der Waals surface area contributed by atoms with Gasteiger partial charge in [-0.25, -0.2) is 4.79 Å². The maximum absolute atomic E-state index is 12.4. The van der Waals surface area contributed by atoms with E-state index in [9.17, 15) is 4.79 Å². The highest BCUT2D eigenvalue weighted by Crippen LogP contribution is 2.37. The Hall–Kier alpha value is -0.593. The molecule has 1 saturated heterocycles. The molecule has 23 heavy (non-hydrogen) atoms. The van der Waals surface area contributed by atoms with Crippen LogP contribution in [-0.2, 0) is 13.9 Å². The standard InChI is InChI=1S/C17H35NO4Si/c1-16(2,3)21-15(19)18-10-12-20-11-9-14(13-18)22-23(7,8)17(4,5)6/h14H,9-13H2,1-8H3/t14-/m1/s1. The number of rotatable bonds is 2. The second-order valence-electron chi connectivity index (χ2n) is 8.83. The summed E-state index contributed by atoms with van der Waals surface area (Å²) in [4.78, 5) is 14.1. The van der Waals surface area contributed by atoms with Gasteiger partial charge in [0.15, 0.2) is 8.32 Å². The van der Waals surface area contributed by atoms with E-state index >= 15 is 0 Å². The van der Waals surface area contributed by atoms with E-state index in [-0.39, 0.29) is 17.2 Å². The van der Waals surface area contributed by atoms with E-state index in [1.54, 1.807) is 4.90 Å². The van der Waals surface area contributed by atoms with Crippen LogP contribution in [-0.4, -0.2) is 57.3 Å². The predicted octanol–water partition coefficient (Wildman–Crippen LogP) is 4.03.